The van der Waals surface area contributed by atoms with Gasteiger partial charge in [0.05, 0.1) is 29.2 Å². The molecular weight excluding hydrogens is 586 g/mol. The highest BCUT2D eigenvalue weighted by atomic mass is 32.2. The largest absolute Gasteiger partial charge is 0.456 e. The van der Waals surface area contributed by atoms with Gasteiger partial charge in [0.15, 0.2) is 0 Å². The highest BCUT2D eigenvalue weighted by molar-refractivity contribution is 8.00. The number of hydrogen-bond donors (Lipinski definition) is 1. The van der Waals surface area contributed by atoms with Crippen LogP contribution in [0.4, 0.5) is 0 Å². The molecular formula is C33H39NO7S2. The summed E-state index contributed by atoms with van der Waals surface area (Å²) in [5.74, 6) is -1.41. The normalized spacial score (nSPS) is 23.6. The molecule has 0 aromatic heterocycles. The molecule has 8 nitrogen and oxygen atoms in total. The van der Waals surface area contributed by atoms with Crippen molar-refractivity contribution in [3.05, 3.63) is 96.1 Å². The summed E-state index contributed by atoms with van der Waals surface area (Å²) in [5, 5.41) is 2.97. The molecule has 3 aromatic carbocycles. The van der Waals surface area contributed by atoms with E-state index < -0.39 is 39.3 Å². The number of benzene rings is 3. The zero-order valence-electron chi connectivity index (χ0n) is 25.1. The van der Waals surface area contributed by atoms with Gasteiger partial charge in [0, 0.05) is 18.2 Å². The molecule has 10 heteroatoms. The van der Waals surface area contributed by atoms with Gasteiger partial charge in [-0.2, -0.15) is 8.42 Å². The van der Waals surface area contributed by atoms with E-state index in [-0.39, 0.29) is 29.2 Å². The van der Waals surface area contributed by atoms with Crippen molar-refractivity contribution in [3.63, 3.8) is 0 Å². The first-order valence-corrected chi connectivity index (χ1v) is 16.5. The lowest BCUT2D eigenvalue weighted by atomic mass is 9.82. The summed E-state index contributed by atoms with van der Waals surface area (Å²) in [4.78, 5) is 25.9. The standard InChI is InChI=1S/C33H39NO7S2/c1-22-16-18-28(19-17-22)43(37,38)39-21-23(2)24(3)31-30(34-25(4)35)29(40-32(36)26-12-8-6-9-13-26)20-33(5,41-31)42-27-14-10-7-11-15-27/h6-19,23-24,29-31H,20-21H2,1-5H3,(H,34,35)/t23-,24-,29-,30-,31?,33+/m1/s1. The fourth-order valence-corrected chi connectivity index (χ4v) is 7.30. The molecule has 0 radical (unpaired) electrons. The molecule has 1 unspecified atom stereocenters. The minimum absolute atomic E-state index is 0.0858. The Morgan fingerprint density at radius 2 is 1.60 bits per heavy atom. The van der Waals surface area contributed by atoms with Crippen LogP contribution >= 0.6 is 11.8 Å². The van der Waals surface area contributed by atoms with Crippen LogP contribution in [-0.4, -0.2) is 50.1 Å². The molecule has 1 aliphatic heterocycles. The highest BCUT2D eigenvalue weighted by Gasteiger charge is 2.50. The molecule has 1 heterocycles. The Bertz CT molecular complexity index is 1480. The maximum Gasteiger partial charge on any atom is 0.338 e. The van der Waals surface area contributed by atoms with Gasteiger partial charge >= 0.3 is 5.97 Å². The molecule has 1 amide bonds. The molecule has 6 atom stereocenters. The van der Waals surface area contributed by atoms with Crippen LogP contribution in [0.15, 0.2) is 94.7 Å². The first-order valence-electron chi connectivity index (χ1n) is 14.3. The SMILES string of the molecule is CC(=O)N[C@H]1C([C@H](C)[C@H](C)COS(=O)(=O)c2ccc(C)cc2)O[C@@](C)(Sc2ccccc2)C[C@H]1OC(=O)c1ccccc1. The summed E-state index contributed by atoms with van der Waals surface area (Å²) in [7, 11) is -3.97. The summed E-state index contributed by atoms with van der Waals surface area (Å²) in [5.41, 5.74) is 1.35. The first kappa shape index (κ1) is 32.7. The summed E-state index contributed by atoms with van der Waals surface area (Å²) in [6.07, 6.45) is -1.04. The predicted octanol–water partition coefficient (Wildman–Crippen LogP) is 6.00. The molecule has 1 fully saturated rings. The van der Waals surface area contributed by atoms with Crippen molar-refractivity contribution in [1.29, 1.82) is 0 Å². The molecule has 0 saturated carbocycles. The third-order valence-corrected chi connectivity index (χ3v) is 10.1. The Morgan fingerprint density at radius 3 is 2.21 bits per heavy atom. The maximum absolute atomic E-state index is 13.2. The van der Waals surface area contributed by atoms with Crippen molar-refractivity contribution in [3.8, 4) is 0 Å². The molecule has 1 N–H and O–H groups in total. The lowest BCUT2D eigenvalue weighted by Gasteiger charge is -2.49. The minimum Gasteiger partial charge on any atom is -0.456 e. The molecule has 0 spiro atoms. The number of rotatable bonds is 11. The second-order valence-electron chi connectivity index (χ2n) is 11.3. The van der Waals surface area contributed by atoms with Crippen LogP contribution in [0.2, 0.25) is 0 Å². The third kappa shape index (κ3) is 8.69. The van der Waals surface area contributed by atoms with Crippen molar-refractivity contribution < 1.29 is 31.7 Å². The fourth-order valence-electron chi connectivity index (χ4n) is 5.10. The second-order valence-corrected chi connectivity index (χ2v) is 14.4. The summed E-state index contributed by atoms with van der Waals surface area (Å²) >= 11 is 1.51. The fraction of sp³-hybridized carbons (Fsp3) is 0.394. The zero-order chi connectivity index (χ0) is 31.2. The van der Waals surface area contributed by atoms with E-state index >= 15 is 0 Å². The van der Waals surface area contributed by atoms with Gasteiger partial charge in [-0.15, -0.1) is 0 Å². The van der Waals surface area contributed by atoms with Gasteiger partial charge in [0.2, 0.25) is 5.91 Å². The molecule has 0 bridgehead atoms. The Hall–Kier alpha value is -3.18. The monoisotopic (exact) mass is 625 g/mol. The van der Waals surface area contributed by atoms with Crippen LogP contribution in [0.3, 0.4) is 0 Å². The number of carbonyl (C=O) groups excluding carboxylic acids is 2. The van der Waals surface area contributed by atoms with Crippen molar-refractivity contribution in [2.75, 3.05) is 6.61 Å². The average Bonchev–Trinajstić information content (AvgIpc) is 2.97. The van der Waals surface area contributed by atoms with E-state index in [0.717, 1.165) is 10.5 Å². The minimum atomic E-state index is -3.97. The lowest BCUT2D eigenvalue weighted by Crippen LogP contribution is -2.62. The molecule has 4 rings (SSSR count). The number of carbonyl (C=O) groups is 2. The van der Waals surface area contributed by atoms with Gasteiger partial charge in [-0.05, 0) is 62.1 Å². The highest BCUT2D eigenvalue weighted by Crippen LogP contribution is 2.45. The van der Waals surface area contributed by atoms with Gasteiger partial charge in [-0.25, -0.2) is 4.79 Å². The van der Waals surface area contributed by atoms with Crippen molar-refractivity contribution in [1.82, 2.24) is 5.32 Å². The van der Waals surface area contributed by atoms with Gasteiger partial charge in [0.25, 0.3) is 10.1 Å². The van der Waals surface area contributed by atoms with Crippen LogP contribution in [0, 0.1) is 18.8 Å². The van der Waals surface area contributed by atoms with E-state index in [1.165, 1.54) is 30.8 Å². The number of ether oxygens (including phenoxy) is 2. The number of thioether (sulfide) groups is 1. The van der Waals surface area contributed by atoms with Gasteiger partial charge in [-0.1, -0.05) is 79.7 Å². The van der Waals surface area contributed by atoms with Gasteiger partial charge < -0.3 is 14.8 Å². The predicted molar refractivity (Wildman–Crippen MR) is 166 cm³/mol. The summed E-state index contributed by atoms with van der Waals surface area (Å²) in [6, 6.07) is 24.3. The maximum atomic E-state index is 13.2. The van der Waals surface area contributed by atoms with Crippen molar-refractivity contribution >= 4 is 33.8 Å². The lowest BCUT2D eigenvalue weighted by molar-refractivity contribution is -0.159. The molecule has 3 aromatic rings. The molecule has 1 saturated heterocycles. The van der Waals surface area contributed by atoms with E-state index in [1.807, 2.05) is 64.1 Å². The van der Waals surface area contributed by atoms with E-state index in [2.05, 4.69) is 5.32 Å². The summed E-state index contributed by atoms with van der Waals surface area (Å²) < 4.78 is 44.1. The Kier molecular flexibility index (Phi) is 10.7. The smallest absolute Gasteiger partial charge is 0.338 e. The van der Waals surface area contributed by atoms with E-state index in [4.69, 9.17) is 13.7 Å². The number of esters is 1. The van der Waals surface area contributed by atoms with Crippen LogP contribution in [-0.2, 0) is 28.6 Å². The number of nitrogens with one attached hydrogen (secondary N) is 1. The van der Waals surface area contributed by atoms with Crippen molar-refractivity contribution in [2.45, 2.75) is 74.0 Å². The average molecular weight is 626 g/mol. The quantitative estimate of drug-likeness (QED) is 0.204. The first-order chi connectivity index (χ1) is 20.4. The molecule has 43 heavy (non-hydrogen) atoms. The van der Waals surface area contributed by atoms with Crippen LogP contribution in [0.25, 0.3) is 0 Å². The summed E-state index contributed by atoms with van der Waals surface area (Å²) in [6.45, 7) is 8.95. The number of amides is 1. The van der Waals surface area contributed by atoms with E-state index in [9.17, 15) is 18.0 Å². The van der Waals surface area contributed by atoms with Gasteiger partial charge in [-0.3, -0.25) is 8.98 Å². The Balaban J connectivity index is 1.61. The van der Waals surface area contributed by atoms with Crippen LogP contribution in [0.5, 0.6) is 0 Å². The van der Waals surface area contributed by atoms with Crippen LogP contribution < -0.4 is 5.32 Å². The topological polar surface area (TPSA) is 108 Å². The molecule has 230 valence electrons. The zero-order valence-corrected chi connectivity index (χ0v) is 26.7. The molecule has 1 aliphatic rings. The second kappa shape index (κ2) is 14.1. The van der Waals surface area contributed by atoms with E-state index in [0.29, 0.717) is 12.0 Å². The Morgan fingerprint density at radius 1 is 1.00 bits per heavy atom. The third-order valence-electron chi connectivity index (χ3n) is 7.64. The van der Waals surface area contributed by atoms with Crippen LogP contribution in [0.1, 0.15) is 50.0 Å². The Labute approximate surface area is 258 Å². The number of hydrogen-bond acceptors (Lipinski definition) is 8. The van der Waals surface area contributed by atoms with Gasteiger partial charge in [0.1, 0.15) is 11.0 Å². The number of aryl methyl sites for hydroxylation is 1. The van der Waals surface area contributed by atoms with E-state index in [1.54, 1.807) is 36.4 Å². The molecule has 0 aliphatic carbocycles. The van der Waals surface area contributed by atoms with Crippen molar-refractivity contribution in [2.24, 2.45) is 11.8 Å².